The summed E-state index contributed by atoms with van der Waals surface area (Å²) >= 11 is 0. The molecule has 0 radical (unpaired) electrons. The molecule has 1 aromatic carbocycles. The Bertz CT molecular complexity index is 338. The minimum atomic E-state index is 0.555. The van der Waals surface area contributed by atoms with Gasteiger partial charge in [-0.2, -0.15) is 0 Å². The maximum atomic E-state index is 5.66. The summed E-state index contributed by atoms with van der Waals surface area (Å²) < 4.78 is 16.3. The van der Waals surface area contributed by atoms with Crippen LogP contribution in [0.25, 0.3) is 0 Å². The van der Waals surface area contributed by atoms with E-state index in [2.05, 4.69) is 26.0 Å². The van der Waals surface area contributed by atoms with E-state index >= 15 is 0 Å². The van der Waals surface area contributed by atoms with Gasteiger partial charge in [0, 0.05) is 19.6 Å². The predicted octanol–water partition coefficient (Wildman–Crippen LogP) is 2.57. The van der Waals surface area contributed by atoms with Crippen LogP contribution in [0.1, 0.15) is 31.7 Å². The van der Waals surface area contributed by atoms with Crippen molar-refractivity contribution in [3.63, 3.8) is 0 Å². The number of benzene rings is 1. The molecule has 20 heavy (non-hydrogen) atoms. The van der Waals surface area contributed by atoms with E-state index < -0.39 is 0 Å². The molecule has 4 nitrogen and oxygen atoms in total. The first kappa shape index (κ1) is 17.0. The minimum absolute atomic E-state index is 0.555. The number of nitrogens with two attached hydrogens (primary N) is 1. The van der Waals surface area contributed by atoms with Crippen molar-refractivity contribution in [2.75, 3.05) is 39.6 Å². The molecular formula is C16H27NO3. The van der Waals surface area contributed by atoms with Crippen LogP contribution in [0.2, 0.25) is 0 Å². The van der Waals surface area contributed by atoms with Gasteiger partial charge in [-0.25, -0.2) is 0 Å². The van der Waals surface area contributed by atoms with Gasteiger partial charge in [0.05, 0.1) is 26.4 Å². The molecule has 0 saturated heterocycles. The molecule has 0 spiro atoms. The third kappa shape index (κ3) is 7.48. The number of hydrogen-bond donors (Lipinski definition) is 1. The monoisotopic (exact) mass is 281 g/mol. The van der Waals surface area contributed by atoms with Crippen LogP contribution in [0.5, 0.6) is 5.75 Å². The molecule has 114 valence electrons. The summed E-state index contributed by atoms with van der Waals surface area (Å²) in [6.07, 6.45) is 0.878. The van der Waals surface area contributed by atoms with Crippen molar-refractivity contribution in [3.8, 4) is 5.75 Å². The van der Waals surface area contributed by atoms with E-state index in [9.17, 15) is 0 Å². The van der Waals surface area contributed by atoms with Crippen LogP contribution < -0.4 is 10.5 Å². The predicted molar refractivity (Wildman–Crippen MR) is 81.3 cm³/mol. The van der Waals surface area contributed by atoms with E-state index in [4.69, 9.17) is 19.9 Å². The summed E-state index contributed by atoms with van der Waals surface area (Å²) in [5.41, 5.74) is 6.64. The largest absolute Gasteiger partial charge is 0.494 e. The second-order valence-corrected chi connectivity index (χ2v) is 4.94. The Kier molecular flexibility index (Phi) is 9.04. The van der Waals surface area contributed by atoms with E-state index in [1.807, 2.05) is 12.1 Å². The van der Waals surface area contributed by atoms with Crippen molar-refractivity contribution < 1.29 is 14.2 Å². The molecule has 0 amide bonds. The Hall–Kier alpha value is -1.10. The summed E-state index contributed by atoms with van der Waals surface area (Å²) in [4.78, 5) is 0. The summed E-state index contributed by atoms with van der Waals surface area (Å²) in [5.74, 6) is 1.47. The van der Waals surface area contributed by atoms with Gasteiger partial charge in [0.15, 0.2) is 0 Å². The Balaban J connectivity index is 2.01. The first-order valence-electron chi connectivity index (χ1n) is 7.32. The lowest BCUT2D eigenvalue weighted by molar-refractivity contribution is 0.0463. The molecule has 4 heteroatoms. The van der Waals surface area contributed by atoms with Gasteiger partial charge in [0.1, 0.15) is 5.75 Å². The molecule has 0 heterocycles. The van der Waals surface area contributed by atoms with Crippen molar-refractivity contribution in [3.05, 3.63) is 29.8 Å². The van der Waals surface area contributed by atoms with E-state index in [0.717, 1.165) is 12.2 Å². The van der Waals surface area contributed by atoms with Crippen LogP contribution in [0.3, 0.4) is 0 Å². The molecule has 1 aromatic rings. The maximum Gasteiger partial charge on any atom is 0.119 e. The molecule has 0 aliphatic rings. The van der Waals surface area contributed by atoms with Gasteiger partial charge in [0.25, 0.3) is 0 Å². The zero-order valence-corrected chi connectivity index (χ0v) is 12.6. The normalized spacial score (nSPS) is 11.0. The van der Waals surface area contributed by atoms with Crippen LogP contribution in [0, 0.1) is 0 Å². The second-order valence-electron chi connectivity index (χ2n) is 4.94. The smallest absolute Gasteiger partial charge is 0.119 e. The van der Waals surface area contributed by atoms with Crippen LogP contribution in [0.15, 0.2) is 24.3 Å². The second kappa shape index (κ2) is 10.7. The minimum Gasteiger partial charge on any atom is -0.494 e. The van der Waals surface area contributed by atoms with Crippen LogP contribution in [-0.4, -0.2) is 39.6 Å². The Labute approximate surface area is 122 Å². The first-order chi connectivity index (χ1) is 9.74. The fraction of sp³-hybridized carbons (Fsp3) is 0.625. The van der Waals surface area contributed by atoms with Crippen molar-refractivity contribution in [1.82, 2.24) is 0 Å². The van der Waals surface area contributed by atoms with Crippen molar-refractivity contribution in [1.29, 1.82) is 0 Å². The number of rotatable bonds is 11. The molecule has 1 rings (SSSR count). The van der Waals surface area contributed by atoms with E-state index in [1.54, 1.807) is 0 Å². The third-order valence-corrected chi connectivity index (χ3v) is 2.88. The molecule has 2 N–H and O–H groups in total. The van der Waals surface area contributed by atoms with Gasteiger partial charge in [-0.15, -0.1) is 0 Å². The van der Waals surface area contributed by atoms with Gasteiger partial charge in [-0.05, 0) is 23.6 Å². The molecular weight excluding hydrogens is 254 g/mol. The van der Waals surface area contributed by atoms with Crippen LogP contribution in [0.4, 0.5) is 0 Å². The van der Waals surface area contributed by atoms with E-state index in [-0.39, 0.29) is 0 Å². The van der Waals surface area contributed by atoms with Crippen LogP contribution >= 0.6 is 0 Å². The molecule has 0 bridgehead atoms. The van der Waals surface area contributed by atoms with Gasteiger partial charge in [-0.3, -0.25) is 0 Å². The molecule has 0 unspecified atom stereocenters. The Morgan fingerprint density at radius 3 is 2.15 bits per heavy atom. The van der Waals surface area contributed by atoms with Crippen molar-refractivity contribution in [2.45, 2.75) is 26.2 Å². The highest BCUT2D eigenvalue weighted by Crippen LogP contribution is 2.18. The highest BCUT2D eigenvalue weighted by Gasteiger charge is 1.99. The summed E-state index contributed by atoms with van der Waals surface area (Å²) in [6.45, 7) is 8.11. The lowest BCUT2D eigenvalue weighted by Gasteiger charge is -2.09. The highest BCUT2D eigenvalue weighted by atomic mass is 16.5. The van der Waals surface area contributed by atoms with Gasteiger partial charge in [0.2, 0.25) is 0 Å². The third-order valence-electron chi connectivity index (χ3n) is 2.88. The lowest BCUT2D eigenvalue weighted by Crippen LogP contribution is -2.12. The van der Waals surface area contributed by atoms with E-state index in [0.29, 0.717) is 45.5 Å². The summed E-state index contributed by atoms with van der Waals surface area (Å²) in [7, 11) is 0. The van der Waals surface area contributed by atoms with Crippen molar-refractivity contribution >= 4 is 0 Å². The first-order valence-corrected chi connectivity index (χ1v) is 7.32. The van der Waals surface area contributed by atoms with Crippen LogP contribution in [-0.2, 0) is 9.47 Å². The fourth-order valence-electron chi connectivity index (χ4n) is 1.71. The maximum absolute atomic E-state index is 5.66. The van der Waals surface area contributed by atoms with Gasteiger partial charge in [-0.1, -0.05) is 26.0 Å². The zero-order chi connectivity index (χ0) is 14.6. The summed E-state index contributed by atoms with van der Waals surface area (Å²) in [5, 5.41) is 0. The molecule has 0 saturated carbocycles. The molecule has 0 aliphatic carbocycles. The highest BCUT2D eigenvalue weighted by molar-refractivity contribution is 5.28. The average Bonchev–Trinajstić information content (AvgIpc) is 2.46. The Morgan fingerprint density at radius 1 is 0.900 bits per heavy atom. The average molecular weight is 281 g/mol. The fourth-order valence-corrected chi connectivity index (χ4v) is 1.71. The number of hydrogen-bond acceptors (Lipinski definition) is 4. The van der Waals surface area contributed by atoms with Gasteiger partial charge >= 0.3 is 0 Å². The topological polar surface area (TPSA) is 53.7 Å². The summed E-state index contributed by atoms with van der Waals surface area (Å²) in [6, 6.07) is 8.28. The number of ether oxygens (including phenoxy) is 3. The standard InChI is InChI=1S/C16H27NO3/c1-14(2)15-4-6-16(7-5-15)20-10-3-9-18-12-13-19-11-8-17/h4-7,14H,3,8-13,17H2,1-2H3. The van der Waals surface area contributed by atoms with E-state index in [1.165, 1.54) is 5.56 Å². The molecule has 0 atom stereocenters. The zero-order valence-electron chi connectivity index (χ0n) is 12.6. The Morgan fingerprint density at radius 2 is 1.55 bits per heavy atom. The molecule has 0 aromatic heterocycles. The molecule has 0 aliphatic heterocycles. The molecule has 0 fully saturated rings. The SMILES string of the molecule is CC(C)c1ccc(OCCCOCCOCCN)cc1. The van der Waals surface area contributed by atoms with Crippen molar-refractivity contribution in [2.24, 2.45) is 5.73 Å². The van der Waals surface area contributed by atoms with Gasteiger partial charge < -0.3 is 19.9 Å². The lowest BCUT2D eigenvalue weighted by atomic mass is 10.0. The quantitative estimate of drug-likeness (QED) is 0.633.